The van der Waals surface area contributed by atoms with E-state index in [0.29, 0.717) is 17.9 Å². The predicted molar refractivity (Wildman–Crippen MR) is 90.9 cm³/mol. The van der Waals surface area contributed by atoms with Gasteiger partial charge in [0.1, 0.15) is 5.82 Å². The molecule has 1 aliphatic rings. The van der Waals surface area contributed by atoms with Crippen LogP contribution in [0.3, 0.4) is 0 Å². The summed E-state index contributed by atoms with van der Waals surface area (Å²) in [6, 6.07) is 5.19. The van der Waals surface area contributed by atoms with E-state index in [-0.39, 0.29) is 0 Å². The highest BCUT2D eigenvalue weighted by atomic mass is 15.2. The van der Waals surface area contributed by atoms with Crippen molar-refractivity contribution in [1.29, 1.82) is 0 Å². The lowest BCUT2D eigenvalue weighted by Gasteiger charge is -2.29. The maximum absolute atomic E-state index is 4.95. The monoisotopic (exact) mass is 289 g/mol. The van der Waals surface area contributed by atoms with Gasteiger partial charge in [0, 0.05) is 24.8 Å². The highest BCUT2D eigenvalue weighted by molar-refractivity contribution is 5.45. The number of anilines is 1. The average Bonchev–Trinajstić information content (AvgIpc) is 2.94. The predicted octanol–water partition coefficient (Wildman–Crippen LogP) is 3.94. The molecule has 1 atom stereocenters. The molecule has 0 bridgehead atoms. The van der Waals surface area contributed by atoms with Gasteiger partial charge >= 0.3 is 0 Å². The van der Waals surface area contributed by atoms with Crippen LogP contribution in [0.25, 0.3) is 0 Å². The zero-order valence-corrected chi connectivity index (χ0v) is 14.3. The van der Waals surface area contributed by atoms with Gasteiger partial charge in [-0.3, -0.25) is 0 Å². The van der Waals surface area contributed by atoms with Crippen molar-refractivity contribution in [2.45, 2.75) is 66.0 Å². The van der Waals surface area contributed by atoms with Gasteiger partial charge in [0.2, 0.25) is 0 Å². The summed E-state index contributed by atoms with van der Waals surface area (Å²) in [6.07, 6.45) is 2.59. The molecule has 21 heavy (non-hydrogen) atoms. The molecule has 0 aromatic carbocycles. The minimum absolute atomic E-state index is 0.477. The molecule has 0 aliphatic carbocycles. The minimum atomic E-state index is 0.477. The summed E-state index contributed by atoms with van der Waals surface area (Å²) in [7, 11) is 0. The highest BCUT2D eigenvalue weighted by Gasteiger charge is 2.28. The summed E-state index contributed by atoms with van der Waals surface area (Å²) in [6.45, 7) is 14.4. The number of rotatable bonds is 6. The van der Waals surface area contributed by atoms with Gasteiger partial charge in [0.15, 0.2) is 0 Å². The van der Waals surface area contributed by atoms with Crippen molar-refractivity contribution in [3.05, 3.63) is 23.4 Å². The molecule has 3 nitrogen and oxygen atoms in total. The number of pyridine rings is 1. The van der Waals surface area contributed by atoms with Crippen molar-refractivity contribution in [2.24, 2.45) is 5.92 Å². The van der Waals surface area contributed by atoms with Crippen LogP contribution in [0.15, 0.2) is 12.1 Å². The molecule has 2 heterocycles. The molecule has 1 fully saturated rings. The van der Waals surface area contributed by atoms with E-state index < -0.39 is 0 Å². The number of hydrogen-bond acceptors (Lipinski definition) is 3. The number of hydrogen-bond donors (Lipinski definition) is 1. The fraction of sp³-hybridized carbons (Fsp3) is 0.722. The van der Waals surface area contributed by atoms with E-state index in [1.165, 1.54) is 29.9 Å². The number of aromatic nitrogens is 1. The molecule has 1 aliphatic heterocycles. The van der Waals surface area contributed by atoms with Crippen LogP contribution < -0.4 is 10.2 Å². The van der Waals surface area contributed by atoms with Crippen LogP contribution in [-0.4, -0.2) is 24.1 Å². The Bertz CT molecular complexity index is 454. The van der Waals surface area contributed by atoms with Gasteiger partial charge in [-0.25, -0.2) is 4.98 Å². The van der Waals surface area contributed by atoms with Crippen LogP contribution in [0, 0.1) is 5.92 Å². The second-order valence-corrected chi connectivity index (χ2v) is 6.84. The van der Waals surface area contributed by atoms with E-state index in [4.69, 9.17) is 4.98 Å². The maximum atomic E-state index is 4.95. The van der Waals surface area contributed by atoms with Crippen LogP contribution in [0.2, 0.25) is 0 Å². The van der Waals surface area contributed by atoms with Gasteiger partial charge in [0.05, 0.1) is 0 Å². The van der Waals surface area contributed by atoms with Gasteiger partial charge in [-0.1, -0.05) is 34.6 Å². The molecule has 0 amide bonds. The van der Waals surface area contributed by atoms with Crippen LogP contribution in [0.5, 0.6) is 0 Å². The first-order chi connectivity index (χ1) is 10.0. The van der Waals surface area contributed by atoms with Crippen LogP contribution in [-0.2, 0) is 6.54 Å². The summed E-state index contributed by atoms with van der Waals surface area (Å²) < 4.78 is 0. The molecule has 0 saturated carbocycles. The van der Waals surface area contributed by atoms with Crippen LogP contribution in [0.4, 0.5) is 5.82 Å². The Morgan fingerprint density at radius 1 is 1.29 bits per heavy atom. The Morgan fingerprint density at radius 2 is 2.05 bits per heavy atom. The van der Waals surface area contributed by atoms with Crippen molar-refractivity contribution in [3.63, 3.8) is 0 Å². The van der Waals surface area contributed by atoms with E-state index in [9.17, 15) is 0 Å². The Hall–Kier alpha value is -1.09. The smallest absolute Gasteiger partial charge is 0.129 e. The molecule has 1 N–H and O–H groups in total. The van der Waals surface area contributed by atoms with E-state index in [1.807, 2.05) is 0 Å². The summed E-state index contributed by atoms with van der Waals surface area (Å²) in [5.74, 6) is 2.35. The number of nitrogens with one attached hydrogen (secondary N) is 1. The lowest BCUT2D eigenvalue weighted by atomic mass is 10.0. The quantitative estimate of drug-likeness (QED) is 0.860. The fourth-order valence-corrected chi connectivity index (χ4v) is 3.18. The summed E-state index contributed by atoms with van der Waals surface area (Å²) in [4.78, 5) is 7.49. The molecule has 3 heteroatoms. The zero-order valence-electron chi connectivity index (χ0n) is 14.3. The molecule has 1 saturated heterocycles. The van der Waals surface area contributed by atoms with Crippen molar-refractivity contribution in [3.8, 4) is 0 Å². The average molecular weight is 289 g/mol. The van der Waals surface area contributed by atoms with Gasteiger partial charge in [-0.05, 0) is 48.9 Å². The minimum Gasteiger partial charge on any atom is -0.353 e. The third-order valence-corrected chi connectivity index (χ3v) is 4.43. The summed E-state index contributed by atoms with van der Waals surface area (Å²) in [5, 5.41) is 3.44. The second-order valence-electron chi connectivity index (χ2n) is 6.84. The third kappa shape index (κ3) is 3.97. The van der Waals surface area contributed by atoms with Crippen molar-refractivity contribution >= 4 is 5.82 Å². The molecular formula is C18H31N3. The normalized spacial score (nSPS) is 19.0. The van der Waals surface area contributed by atoms with Crippen molar-refractivity contribution in [1.82, 2.24) is 10.3 Å². The molecule has 0 spiro atoms. The van der Waals surface area contributed by atoms with E-state index >= 15 is 0 Å². The third-order valence-electron chi connectivity index (χ3n) is 4.43. The lowest BCUT2D eigenvalue weighted by Crippen LogP contribution is -2.34. The van der Waals surface area contributed by atoms with Crippen molar-refractivity contribution in [2.75, 3.05) is 18.0 Å². The first-order valence-corrected chi connectivity index (χ1v) is 8.51. The van der Waals surface area contributed by atoms with Gasteiger partial charge in [0.25, 0.3) is 0 Å². The molecule has 1 aromatic rings. The summed E-state index contributed by atoms with van der Waals surface area (Å²) in [5.41, 5.74) is 2.58. The zero-order chi connectivity index (χ0) is 15.4. The molecular weight excluding hydrogens is 258 g/mol. The molecule has 1 unspecified atom stereocenters. The Labute approximate surface area is 130 Å². The summed E-state index contributed by atoms with van der Waals surface area (Å²) >= 11 is 0. The molecule has 118 valence electrons. The van der Waals surface area contributed by atoms with Crippen LogP contribution >= 0.6 is 0 Å². The Balaban J connectivity index is 2.30. The maximum Gasteiger partial charge on any atom is 0.129 e. The highest BCUT2D eigenvalue weighted by Crippen LogP contribution is 2.30. The van der Waals surface area contributed by atoms with Crippen LogP contribution in [0.1, 0.15) is 64.6 Å². The topological polar surface area (TPSA) is 28.2 Å². The first kappa shape index (κ1) is 16.3. The van der Waals surface area contributed by atoms with E-state index in [2.05, 4.69) is 57.0 Å². The van der Waals surface area contributed by atoms with Gasteiger partial charge in [-0.2, -0.15) is 0 Å². The molecule has 2 rings (SSSR count). The van der Waals surface area contributed by atoms with E-state index in [0.717, 1.165) is 19.6 Å². The first-order valence-electron chi connectivity index (χ1n) is 8.51. The number of nitrogens with zero attached hydrogens (tertiary/aromatic N) is 2. The fourth-order valence-electron chi connectivity index (χ4n) is 3.18. The lowest BCUT2D eigenvalue weighted by molar-refractivity contribution is 0.489. The SMILES string of the molecule is CCNCc1cc(C(C)C)nc(N2CCCC2C(C)C)c1. The second kappa shape index (κ2) is 7.26. The van der Waals surface area contributed by atoms with Gasteiger partial charge in [-0.15, -0.1) is 0 Å². The Morgan fingerprint density at radius 3 is 2.67 bits per heavy atom. The van der Waals surface area contributed by atoms with E-state index in [1.54, 1.807) is 0 Å². The Kier molecular flexibility index (Phi) is 5.63. The standard InChI is InChI=1S/C18H31N3/c1-6-19-12-15-10-16(13(2)3)20-18(11-15)21-9-7-8-17(21)14(4)5/h10-11,13-14,17,19H,6-9,12H2,1-5H3. The van der Waals surface area contributed by atoms with Crippen molar-refractivity contribution < 1.29 is 0 Å². The molecule has 1 aromatic heterocycles. The molecule has 0 radical (unpaired) electrons. The largest absolute Gasteiger partial charge is 0.353 e. The van der Waals surface area contributed by atoms with Gasteiger partial charge < -0.3 is 10.2 Å².